The quantitative estimate of drug-likeness (QED) is 0.752. The molecule has 1 atom stereocenters. The van der Waals surface area contributed by atoms with Crippen molar-refractivity contribution in [3.8, 4) is 10.6 Å². The van der Waals surface area contributed by atoms with Gasteiger partial charge in [0.2, 0.25) is 0 Å². The summed E-state index contributed by atoms with van der Waals surface area (Å²) in [5, 5.41) is 16.6. The molecule has 0 aromatic carbocycles. The number of aromatic nitrogens is 3. The molecule has 0 bridgehead atoms. The Morgan fingerprint density at radius 1 is 1.44 bits per heavy atom. The van der Waals surface area contributed by atoms with E-state index in [4.69, 9.17) is 0 Å². The number of aromatic carboxylic acids is 1. The highest BCUT2D eigenvalue weighted by Gasteiger charge is 2.32. The molecule has 0 aliphatic carbocycles. The summed E-state index contributed by atoms with van der Waals surface area (Å²) in [6.07, 6.45) is 0.484. The summed E-state index contributed by atoms with van der Waals surface area (Å²) in [6.45, 7) is 1.83. The van der Waals surface area contributed by atoms with Gasteiger partial charge >= 0.3 is 5.97 Å². The second kappa shape index (κ2) is 5.63. The SMILES string of the molecule is Cc1nn(C2CCS(=O)(=O)C2)c2cc(C(=O)O)nc(-c3cccs3)c12. The van der Waals surface area contributed by atoms with Crippen LogP contribution in [0.1, 0.15) is 28.6 Å². The van der Waals surface area contributed by atoms with Gasteiger partial charge in [-0.25, -0.2) is 18.2 Å². The van der Waals surface area contributed by atoms with Crippen LogP contribution in [0.25, 0.3) is 21.5 Å². The number of fused-ring (bicyclic) bond motifs is 1. The van der Waals surface area contributed by atoms with Crippen molar-refractivity contribution in [2.24, 2.45) is 0 Å². The predicted molar refractivity (Wildman–Crippen MR) is 94.8 cm³/mol. The van der Waals surface area contributed by atoms with E-state index in [2.05, 4.69) is 10.1 Å². The largest absolute Gasteiger partial charge is 0.477 e. The maximum atomic E-state index is 11.8. The van der Waals surface area contributed by atoms with Gasteiger partial charge in [-0.1, -0.05) is 6.07 Å². The summed E-state index contributed by atoms with van der Waals surface area (Å²) in [5.41, 5.74) is 1.84. The maximum absolute atomic E-state index is 11.8. The van der Waals surface area contributed by atoms with Crippen LogP contribution < -0.4 is 0 Å². The first-order valence-corrected chi connectivity index (χ1v) is 10.4. The highest BCUT2D eigenvalue weighted by atomic mass is 32.2. The second-order valence-corrected chi connectivity index (χ2v) is 9.30. The van der Waals surface area contributed by atoms with Gasteiger partial charge in [-0.2, -0.15) is 5.10 Å². The van der Waals surface area contributed by atoms with Crippen LogP contribution in [0.3, 0.4) is 0 Å². The van der Waals surface area contributed by atoms with E-state index in [1.807, 2.05) is 24.4 Å². The third kappa shape index (κ3) is 2.73. The number of carboxylic acids is 1. The third-order valence-electron chi connectivity index (χ3n) is 4.39. The van der Waals surface area contributed by atoms with Crippen molar-refractivity contribution >= 4 is 38.0 Å². The zero-order chi connectivity index (χ0) is 17.8. The Morgan fingerprint density at radius 3 is 2.84 bits per heavy atom. The van der Waals surface area contributed by atoms with Crippen LogP contribution in [-0.2, 0) is 9.84 Å². The number of hydrogen-bond acceptors (Lipinski definition) is 6. The van der Waals surface area contributed by atoms with Gasteiger partial charge < -0.3 is 5.11 Å². The summed E-state index contributed by atoms with van der Waals surface area (Å²) in [5.74, 6) is -0.959. The van der Waals surface area contributed by atoms with E-state index >= 15 is 0 Å². The van der Waals surface area contributed by atoms with Crippen LogP contribution >= 0.6 is 11.3 Å². The number of carbonyl (C=O) groups is 1. The van der Waals surface area contributed by atoms with Crippen molar-refractivity contribution in [2.45, 2.75) is 19.4 Å². The normalized spacial score (nSPS) is 19.5. The van der Waals surface area contributed by atoms with Gasteiger partial charge in [0.15, 0.2) is 15.5 Å². The van der Waals surface area contributed by atoms with E-state index in [0.717, 1.165) is 10.3 Å². The number of carboxylic acid groups (broad SMARTS) is 1. The van der Waals surface area contributed by atoms with Crippen molar-refractivity contribution in [2.75, 3.05) is 11.5 Å². The highest BCUT2D eigenvalue weighted by Crippen LogP contribution is 2.35. The Labute approximate surface area is 147 Å². The molecule has 3 aromatic rings. The average Bonchev–Trinajstić information content (AvgIpc) is 3.26. The van der Waals surface area contributed by atoms with Gasteiger partial charge in [0, 0.05) is 0 Å². The lowest BCUT2D eigenvalue weighted by Gasteiger charge is -2.11. The first kappa shape index (κ1) is 16.2. The first-order chi connectivity index (χ1) is 11.9. The van der Waals surface area contributed by atoms with Crippen LogP contribution in [0.4, 0.5) is 0 Å². The minimum absolute atomic E-state index is 0.0300. The third-order valence-corrected chi connectivity index (χ3v) is 7.02. The number of pyridine rings is 1. The molecular formula is C16H15N3O4S2. The van der Waals surface area contributed by atoms with E-state index in [9.17, 15) is 18.3 Å². The topological polar surface area (TPSA) is 102 Å². The number of aryl methyl sites for hydroxylation is 1. The standard InChI is InChI=1S/C16H15N3O4S2/c1-9-14-12(19(18-9)10-4-6-25(22,23)8-10)7-11(16(20)21)17-15(14)13-3-2-5-24-13/h2-3,5,7,10H,4,6,8H2,1H3,(H,20,21). The molecule has 0 radical (unpaired) electrons. The zero-order valence-electron chi connectivity index (χ0n) is 13.3. The molecule has 1 aliphatic heterocycles. The molecule has 130 valence electrons. The molecule has 7 nitrogen and oxygen atoms in total. The molecule has 1 fully saturated rings. The summed E-state index contributed by atoms with van der Waals surface area (Å²) in [6, 6.07) is 4.97. The zero-order valence-corrected chi connectivity index (χ0v) is 15.0. The Bertz CT molecular complexity index is 1080. The molecule has 25 heavy (non-hydrogen) atoms. The molecular weight excluding hydrogens is 362 g/mol. The predicted octanol–water partition coefficient (Wildman–Crippen LogP) is 2.53. The van der Waals surface area contributed by atoms with Crippen LogP contribution in [0, 0.1) is 6.92 Å². The number of rotatable bonds is 3. The molecule has 4 heterocycles. The molecule has 0 amide bonds. The smallest absolute Gasteiger partial charge is 0.354 e. The molecule has 3 aromatic heterocycles. The van der Waals surface area contributed by atoms with Gasteiger partial charge in [0.1, 0.15) is 0 Å². The average molecular weight is 377 g/mol. The van der Waals surface area contributed by atoms with Crippen molar-refractivity contribution in [3.05, 3.63) is 35.0 Å². The Morgan fingerprint density at radius 2 is 2.24 bits per heavy atom. The lowest BCUT2D eigenvalue weighted by Crippen LogP contribution is -2.13. The summed E-state index contributed by atoms with van der Waals surface area (Å²) >= 11 is 1.47. The van der Waals surface area contributed by atoms with Gasteiger partial charge in [-0.15, -0.1) is 11.3 Å². The van der Waals surface area contributed by atoms with E-state index in [1.165, 1.54) is 17.4 Å². The maximum Gasteiger partial charge on any atom is 0.354 e. The molecule has 1 N–H and O–H groups in total. The van der Waals surface area contributed by atoms with Crippen LogP contribution in [-0.4, -0.2) is 45.8 Å². The van der Waals surface area contributed by atoms with Gasteiger partial charge in [-0.05, 0) is 30.9 Å². The van der Waals surface area contributed by atoms with E-state index in [1.54, 1.807) is 4.68 Å². The Balaban J connectivity index is 1.99. The lowest BCUT2D eigenvalue weighted by molar-refractivity contribution is 0.0691. The Kier molecular flexibility index (Phi) is 3.66. The van der Waals surface area contributed by atoms with Crippen molar-refractivity contribution in [3.63, 3.8) is 0 Å². The molecule has 0 saturated carbocycles. The van der Waals surface area contributed by atoms with Gasteiger partial charge in [-0.3, -0.25) is 4.68 Å². The fraction of sp³-hybridized carbons (Fsp3) is 0.312. The summed E-state index contributed by atoms with van der Waals surface area (Å²) < 4.78 is 25.3. The molecule has 0 spiro atoms. The van der Waals surface area contributed by atoms with E-state index < -0.39 is 15.8 Å². The number of thiophene rings is 1. The molecule has 4 rings (SSSR count). The number of nitrogens with zero attached hydrogens (tertiary/aromatic N) is 3. The first-order valence-electron chi connectivity index (χ1n) is 7.73. The van der Waals surface area contributed by atoms with Gasteiger partial charge in [0.25, 0.3) is 0 Å². The van der Waals surface area contributed by atoms with Gasteiger partial charge in [0.05, 0.1) is 44.7 Å². The number of hydrogen-bond donors (Lipinski definition) is 1. The van der Waals surface area contributed by atoms with E-state index in [-0.39, 0.29) is 23.2 Å². The lowest BCUT2D eigenvalue weighted by atomic mass is 10.1. The minimum Gasteiger partial charge on any atom is -0.477 e. The molecule has 9 heteroatoms. The fourth-order valence-electron chi connectivity index (χ4n) is 3.28. The van der Waals surface area contributed by atoms with Crippen molar-refractivity contribution < 1.29 is 18.3 Å². The minimum atomic E-state index is -3.07. The number of sulfone groups is 1. The van der Waals surface area contributed by atoms with Crippen LogP contribution in [0.5, 0.6) is 0 Å². The monoisotopic (exact) mass is 377 g/mol. The van der Waals surface area contributed by atoms with Crippen molar-refractivity contribution in [1.29, 1.82) is 0 Å². The van der Waals surface area contributed by atoms with Crippen LogP contribution in [0.2, 0.25) is 0 Å². The second-order valence-electron chi connectivity index (χ2n) is 6.12. The van der Waals surface area contributed by atoms with Crippen molar-refractivity contribution in [1.82, 2.24) is 14.8 Å². The van der Waals surface area contributed by atoms with E-state index in [0.29, 0.717) is 23.3 Å². The molecule has 1 unspecified atom stereocenters. The fourth-order valence-corrected chi connectivity index (χ4v) is 5.69. The highest BCUT2D eigenvalue weighted by molar-refractivity contribution is 7.91. The van der Waals surface area contributed by atoms with Crippen LogP contribution in [0.15, 0.2) is 23.6 Å². The molecule has 1 aliphatic rings. The summed E-state index contributed by atoms with van der Waals surface area (Å²) in [4.78, 5) is 16.7. The summed E-state index contributed by atoms with van der Waals surface area (Å²) in [7, 11) is -3.07. The molecule has 1 saturated heterocycles. The Hall–Kier alpha value is -2.26.